The Kier molecular flexibility index (Phi) is 4.55. The van der Waals surface area contributed by atoms with Crippen molar-refractivity contribution in [2.45, 2.75) is 12.2 Å². The van der Waals surface area contributed by atoms with Crippen LogP contribution in [0.3, 0.4) is 0 Å². The van der Waals surface area contributed by atoms with Crippen LogP contribution in [0, 0.1) is 0 Å². The average Bonchev–Trinajstić information content (AvgIpc) is 1.87. The number of aliphatic hydroxyl groups excluding tert-OH is 3. The van der Waals surface area contributed by atoms with Crippen molar-refractivity contribution in [2.24, 2.45) is 5.90 Å². The largest absolute Gasteiger partial charge is 0.394 e. The Morgan fingerprint density at radius 3 is 2.22 bits per heavy atom. The molecule has 0 spiro atoms. The van der Waals surface area contributed by atoms with E-state index in [2.05, 4.69) is 10.7 Å². The van der Waals surface area contributed by atoms with E-state index in [9.17, 15) is 0 Å². The summed E-state index contributed by atoms with van der Waals surface area (Å²) in [7, 11) is 0. The Hall–Kier alpha value is -0.200. The second-order valence-electron chi connectivity index (χ2n) is 1.65. The highest BCUT2D eigenvalue weighted by molar-refractivity contribution is 4.63. The van der Waals surface area contributed by atoms with Crippen molar-refractivity contribution in [3.8, 4) is 0 Å². The molecule has 0 rings (SSSR count). The molecule has 0 fully saturated rings. The zero-order valence-corrected chi connectivity index (χ0v) is 4.90. The molecular formula is C4H11NO4. The summed E-state index contributed by atoms with van der Waals surface area (Å²) in [6.45, 7) is -0.674. The van der Waals surface area contributed by atoms with Gasteiger partial charge in [0.1, 0.15) is 12.2 Å². The van der Waals surface area contributed by atoms with Gasteiger partial charge in [0.2, 0.25) is 0 Å². The first-order chi connectivity index (χ1) is 4.22. The van der Waals surface area contributed by atoms with Gasteiger partial charge in [-0.15, -0.1) is 0 Å². The first kappa shape index (κ1) is 8.80. The monoisotopic (exact) mass is 137 g/mol. The number of rotatable bonds is 4. The normalized spacial score (nSPS) is 17.3. The van der Waals surface area contributed by atoms with E-state index in [4.69, 9.17) is 15.3 Å². The van der Waals surface area contributed by atoms with E-state index in [0.717, 1.165) is 0 Å². The maximum absolute atomic E-state index is 8.70. The maximum Gasteiger partial charge on any atom is 0.107 e. The fourth-order valence-electron chi connectivity index (χ4n) is 0.331. The van der Waals surface area contributed by atoms with Crippen LogP contribution >= 0.6 is 0 Å². The number of hydrogen-bond acceptors (Lipinski definition) is 5. The summed E-state index contributed by atoms with van der Waals surface area (Å²) < 4.78 is 0. The summed E-state index contributed by atoms with van der Waals surface area (Å²) in [6, 6.07) is 0. The maximum atomic E-state index is 8.70. The van der Waals surface area contributed by atoms with Gasteiger partial charge in [0.15, 0.2) is 0 Å². The molecular weight excluding hydrogens is 126 g/mol. The fraction of sp³-hybridized carbons (Fsp3) is 1.00. The van der Waals surface area contributed by atoms with Gasteiger partial charge >= 0.3 is 0 Å². The van der Waals surface area contributed by atoms with Crippen molar-refractivity contribution >= 4 is 0 Å². The van der Waals surface area contributed by atoms with Gasteiger partial charge in [0.05, 0.1) is 13.2 Å². The lowest BCUT2D eigenvalue weighted by atomic mass is 10.2. The summed E-state index contributed by atoms with van der Waals surface area (Å²) in [5.41, 5.74) is 0. The molecule has 0 aliphatic rings. The third kappa shape index (κ3) is 3.39. The second-order valence-corrected chi connectivity index (χ2v) is 1.65. The van der Waals surface area contributed by atoms with Gasteiger partial charge < -0.3 is 20.2 Å². The van der Waals surface area contributed by atoms with E-state index >= 15 is 0 Å². The molecule has 0 radical (unpaired) electrons. The molecule has 9 heavy (non-hydrogen) atoms. The van der Waals surface area contributed by atoms with Crippen LogP contribution in [-0.4, -0.2) is 40.7 Å². The Morgan fingerprint density at radius 1 is 1.33 bits per heavy atom. The van der Waals surface area contributed by atoms with Crippen molar-refractivity contribution in [1.29, 1.82) is 0 Å². The van der Waals surface area contributed by atoms with Crippen LogP contribution in [0.1, 0.15) is 0 Å². The van der Waals surface area contributed by atoms with E-state index in [0.29, 0.717) is 0 Å². The third-order valence-electron chi connectivity index (χ3n) is 0.898. The molecule has 0 amide bonds. The molecule has 0 aromatic heterocycles. The molecule has 5 N–H and O–H groups in total. The summed E-state index contributed by atoms with van der Waals surface area (Å²) in [6.07, 6.45) is -2.28. The minimum Gasteiger partial charge on any atom is -0.394 e. The van der Waals surface area contributed by atoms with Crippen LogP contribution in [0.25, 0.3) is 0 Å². The lowest BCUT2D eigenvalue weighted by Crippen LogP contribution is -2.34. The van der Waals surface area contributed by atoms with Gasteiger partial charge in [-0.25, -0.2) is 5.90 Å². The molecule has 0 aromatic rings. The Morgan fingerprint density at radius 2 is 1.89 bits per heavy atom. The molecule has 5 nitrogen and oxygen atoms in total. The van der Waals surface area contributed by atoms with E-state index in [1.165, 1.54) is 0 Å². The SMILES string of the molecule is NOCC(O)C(O)CO. The van der Waals surface area contributed by atoms with Crippen molar-refractivity contribution < 1.29 is 20.2 Å². The molecule has 0 aromatic carbocycles. The van der Waals surface area contributed by atoms with Gasteiger partial charge in [-0.2, -0.15) is 0 Å². The standard InChI is InChI=1S/C4H11NO4/c5-9-2-4(8)3(7)1-6/h3-4,6-8H,1-2,5H2. The van der Waals surface area contributed by atoms with Gasteiger partial charge in [0, 0.05) is 0 Å². The second kappa shape index (κ2) is 4.66. The zero-order chi connectivity index (χ0) is 7.28. The molecule has 0 aliphatic heterocycles. The van der Waals surface area contributed by atoms with Crippen LogP contribution in [0.4, 0.5) is 0 Å². The smallest absolute Gasteiger partial charge is 0.107 e. The molecule has 2 atom stereocenters. The Labute approximate surface area is 52.6 Å². The van der Waals surface area contributed by atoms with Crippen LogP contribution in [0.15, 0.2) is 0 Å². The number of aliphatic hydroxyl groups is 3. The Balaban J connectivity index is 3.32. The van der Waals surface area contributed by atoms with Gasteiger partial charge in [0.25, 0.3) is 0 Å². The molecule has 0 bridgehead atoms. The summed E-state index contributed by atoms with van der Waals surface area (Å²) in [5, 5.41) is 25.6. The van der Waals surface area contributed by atoms with Crippen molar-refractivity contribution in [3.63, 3.8) is 0 Å². The van der Waals surface area contributed by atoms with Crippen molar-refractivity contribution in [1.82, 2.24) is 0 Å². The predicted molar refractivity (Wildman–Crippen MR) is 29.2 cm³/mol. The van der Waals surface area contributed by atoms with Crippen LogP contribution < -0.4 is 5.90 Å². The quantitative estimate of drug-likeness (QED) is 0.324. The zero-order valence-electron chi connectivity index (χ0n) is 4.90. The summed E-state index contributed by atoms with van der Waals surface area (Å²) >= 11 is 0. The molecule has 0 heterocycles. The van der Waals surface area contributed by atoms with Gasteiger partial charge in [-0.3, -0.25) is 0 Å². The first-order valence-corrected chi connectivity index (χ1v) is 2.51. The van der Waals surface area contributed by atoms with E-state index in [-0.39, 0.29) is 6.61 Å². The topological polar surface area (TPSA) is 95.9 Å². The van der Waals surface area contributed by atoms with Gasteiger partial charge in [-0.05, 0) is 0 Å². The molecule has 0 saturated heterocycles. The highest BCUT2D eigenvalue weighted by atomic mass is 16.6. The van der Waals surface area contributed by atoms with Crippen LogP contribution in [0.5, 0.6) is 0 Å². The number of hydrogen-bond donors (Lipinski definition) is 4. The van der Waals surface area contributed by atoms with E-state index in [1.807, 2.05) is 0 Å². The predicted octanol–water partition coefficient (Wildman–Crippen LogP) is -2.41. The summed E-state index contributed by atoms with van der Waals surface area (Å²) in [4.78, 5) is 4.01. The number of nitrogens with two attached hydrogens (primary N) is 1. The third-order valence-corrected chi connectivity index (χ3v) is 0.898. The fourth-order valence-corrected chi connectivity index (χ4v) is 0.331. The molecule has 5 heteroatoms. The van der Waals surface area contributed by atoms with Crippen LogP contribution in [0.2, 0.25) is 0 Å². The van der Waals surface area contributed by atoms with E-state index in [1.54, 1.807) is 0 Å². The average molecular weight is 137 g/mol. The highest BCUT2D eigenvalue weighted by Crippen LogP contribution is 1.90. The van der Waals surface area contributed by atoms with Crippen LogP contribution in [-0.2, 0) is 4.84 Å². The van der Waals surface area contributed by atoms with Crippen molar-refractivity contribution in [2.75, 3.05) is 13.2 Å². The highest BCUT2D eigenvalue weighted by Gasteiger charge is 2.13. The minimum absolute atomic E-state index is 0.179. The first-order valence-electron chi connectivity index (χ1n) is 2.51. The molecule has 56 valence electrons. The van der Waals surface area contributed by atoms with Gasteiger partial charge in [-0.1, -0.05) is 0 Å². The molecule has 0 saturated carbocycles. The molecule has 0 aliphatic carbocycles. The Bertz CT molecular complexity index is 69.6. The van der Waals surface area contributed by atoms with Crippen molar-refractivity contribution in [3.05, 3.63) is 0 Å². The minimum atomic E-state index is -1.17. The summed E-state index contributed by atoms with van der Waals surface area (Å²) in [5.74, 6) is 4.57. The molecule has 2 unspecified atom stereocenters. The lowest BCUT2D eigenvalue weighted by Gasteiger charge is -2.12. The van der Waals surface area contributed by atoms with E-state index < -0.39 is 18.8 Å². The lowest BCUT2D eigenvalue weighted by molar-refractivity contribution is -0.0574.